The minimum absolute atomic E-state index is 0. The molecule has 0 atom stereocenters. The molecule has 1 aromatic heterocycles. The molecule has 2 fully saturated rings. The average molecular weight is 653 g/mol. The van der Waals surface area contributed by atoms with E-state index in [4.69, 9.17) is 9.47 Å². The van der Waals surface area contributed by atoms with Gasteiger partial charge in [0.2, 0.25) is 22.8 Å². The fourth-order valence-electron chi connectivity index (χ4n) is 5.83. The fraction of sp³-hybridized carbons (Fsp3) is 0.537. The molecule has 250 valence electrons. The van der Waals surface area contributed by atoms with Crippen LogP contribution < -0.4 is 15.0 Å². The summed E-state index contributed by atoms with van der Waals surface area (Å²) in [5.74, 6) is 1.80. The van der Waals surface area contributed by atoms with Crippen LogP contribution in [0.2, 0.25) is 0 Å². The normalized spacial score (nSPS) is 15.0. The van der Waals surface area contributed by atoms with E-state index in [1.807, 2.05) is 0 Å². The van der Waals surface area contributed by atoms with Crippen LogP contribution in [0, 0.1) is 0 Å². The number of rotatable bonds is 8. The first-order chi connectivity index (χ1) is 22.0. The van der Waals surface area contributed by atoms with Crippen LogP contribution in [0.25, 0.3) is 0 Å². The zero-order chi connectivity index (χ0) is 33.6. The molecule has 5 rings (SSSR count). The van der Waals surface area contributed by atoms with Crippen molar-refractivity contribution in [2.24, 2.45) is 0 Å². The summed E-state index contributed by atoms with van der Waals surface area (Å²) in [6.07, 6.45) is 5.11. The zero-order valence-corrected chi connectivity index (χ0v) is 32.6. The van der Waals surface area contributed by atoms with Gasteiger partial charge in [-0.2, -0.15) is 4.98 Å². The fourth-order valence-corrected chi connectivity index (χ4v) is 5.83. The van der Waals surface area contributed by atoms with E-state index in [1.54, 1.807) is 0 Å². The first kappa shape index (κ1) is 40.8. The van der Waals surface area contributed by atoms with Crippen molar-refractivity contribution in [1.29, 1.82) is 0 Å². The van der Waals surface area contributed by atoms with Crippen LogP contribution in [0.5, 0.6) is 0 Å². The number of H-pyrrole nitrogens is 1. The molecule has 3 aromatic rings. The van der Waals surface area contributed by atoms with Crippen LogP contribution in [0.3, 0.4) is 0 Å². The van der Waals surface area contributed by atoms with Gasteiger partial charge in [-0.1, -0.05) is 91.8 Å². The Kier molecular flexibility index (Phi) is 18.1. The topological polar surface area (TPSA) is 60.5 Å². The molecule has 0 bridgehead atoms. The summed E-state index contributed by atoms with van der Waals surface area (Å²) < 4.78 is 9.89. The van der Waals surface area contributed by atoms with E-state index in [1.165, 1.54) is 59.3 Å². The van der Waals surface area contributed by atoms with Crippen molar-refractivity contribution < 1.29 is 24.4 Å². The molecule has 5 nitrogen and oxygen atoms in total. The molecule has 3 N–H and O–H groups in total. The van der Waals surface area contributed by atoms with Gasteiger partial charge in [0.1, 0.15) is 0 Å². The number of ether oxygens (including phenoxy) is 2. The number of pyridine rings is 1. The number of benzene rings is 2. The van der Waals surface area contributed by atoms with Crippen molar-refractivity contribution in [3.63, 3.8) is 0 Å². The molecule has 0 spiro atoms. The largest absolute Gasteiger partial charge is 2.00 e. The molecule has 2 aliphatic heterocycles. The maximum absolute atomic E-state index is 4.94. The van der Waals surface area contributed by atoms with Crippen LogP contribution in [-0.4, -0.2) is 60.9 Å². The Morgan fingerprint density at radius 3 is 1.02 bits per heavy atom. The molecule has 2 aliphatic rings. The van der Waals surface area contributed by atoms with Crippen LogP contribution in [0.4, 0.5) is 11.4 Å². The molecule has 0 aliphatic carbocycles. The third-order valence-corrected chi connectivity index (χ3v) is 8.63. The van der Waals surface area contributed by atoms with Crippen molar-refractivity contribution in [2.75, 3.05) is 26.4 Å². The maximum atomic E-state index is 4.94. The van der Waals surface area contributed by atoms with Gasteiger partial charge in [-0.15, -0.1) is 0 Å². The Bertz CT molecular complexity index is 1260. The Morgan fingerprint density at radius 2 is 0.787 bits per heavy atom. The molecule has 0 amide bonds. The predicted molar refractivity (Wildman–Crippen MR) is 199 cm³/mol. The summed E-state index contributed by atoms with van der Waals surface area (Å²) in [6, 6.07) is 19.8. The van der Waals surface area contributed by atoms with Crippen molar-refractivity contribution in [2.45, 2.75) is 119 Å². The quantitative estimate of drug-likeness (QED) is 0.212. The van der Waals surface area contributed by atoms with Crippen molar-refractivity contribution in [3.8, 4) is 0 Å². The summed E-state index contributed by atoms with van der Waals surface area (Å²) in [5, 5.41) is 0. The Labute approximate surface area is 302 Å². The van der Waals surface area contributed by atoms with Crippen molar-refractivity contribution in [1.82, 2.24) is 0 Å². The predicted octanol–water partition coefficient (Wildman–Crippen LogP) is 6.65. The Balaban J connectivity index is 0.000000591. The monoisotopic (exact) mass is 652 g/mol. The second-order valence-electron chi connectivity index (χ2n) is 13.9. The average Bonchev–Trinajstić information content (AvgIpc) is 3.81. The summed E-state index contributed by atoms with van der Waals surface area (Å²) in [5.41, 5.74) is 12.3. The molecule has 0 saturated carbocycles. The van der Waals surface area contributed by atoms with E-state index in [9.17, 15) is 0 Å². The van der Waals surface area contributed by atoms with E-state index < -0.39 is 0 Å². The Hall–Kier alpha value is -2.38. The van der Waals surface area contributed by atoms with Gasteiger partial charge in [-0.3, -0.25) is 0 Å². The van der Waals surface area contributed by atoms with Gasteiger partial charge in [0.15, 0.2) is 0 Å². The van der Waals surface area contributed by atoms with Crippen molar-refractivity contribution >= 4 is 45.9 Å². The summed E-state index contributed by atoms with van der Waals surface area (Å²) >= 11 is 0. The van der Waals surface area contributed by atoms with Gasteiger partial charge in [0.25, 0.3) is 11.4 Å². The van der Waals surface area contributed by atoms with Crippen molar-refractivity contribution in [3.05, 3.63) is 88.2 Å². The number of aromatic amines is 1. The molecule has 6 heteroatoms. The number of para-hydroxylation sites is 2. The number of aromatic nitrogens is 1. The van der Waals surface area contributed by atoms with Crippen LogP contribution in [-0.2, 0) is 9.47 Å². The second-order valence-corrected chi connectivity index (χ2v) is 13.9. The third-order valence-electron chi connectivity index (χ3n) is 8.63. The molecular formula is C41H62MgN3O2+5. The van der Waals surface area contributed by atoms with Gasteiger partial charge in [0.05, 0.1) is 0 Å². The standard InChI is InChI=1S/C33H43N3.2C4H8O.Mg/c1-20(2)26-14-11-15-27(21(3)4)32(26)34-24(9)30-18-13-19-31(36-30)25(10)35-33-28(22(5)6)16-12-17-29(33)23(7)8;2*1-2-4-5-3-1;/h11-23H,1-10H3;2*1-4H2;/q;;;+2/p+3. The minimum atomic E-state index is 0. The molecule has 0 unspecified atom stereocenters. The van der Waals surface area contributed by atoms with Gasteiger partial charge >= 0.3 is 23.1 Å². The summed E-state index contributed by atoms with van der Waals surface area (Å²) in [7, 11) is 0. The smallest absolute Gasteiger partial charge is 0.381 e. The van der Waals surface area contributed by atoms with Gasteiger partial charge in [-0.05, 0) is 55.4 Å². The van der Waals surface area contributed by atoms with Gasteiger partial charge in [-0.25, -0.2) is 9.98 Å². The zero-order valence-electron chi connectivity index (χ0n) is 31.2. The Morgan fingerprint density at radius 1 is 0.511 bits per heavy atom. The van der Waals surface area contributed by atoms with Crippen LogP contribution >= 0.6 is 0 Å². The minimum Gasteiger partial charge on any atom is -0.381 e. The summed E-state index contributed by atoms with van der Waals surface area (Å²) in [4.78, 5) is 11.2. The van der Waals surface area contributed by atoms with Crippen LogP contribution in [0.15, 0.2) is 54.6 Å². The number of hydrogen-bond donors (Lipinski definition) is 2. The molecular weight excluding hydrogens is 591 g/mol. The van der Waals surface area contributed by atoms with E-state index in [-0.39, 0.29) is 23.1 Å². The number of nitrogens with one attached hydrogen (secondary N) is 3. The molecule has 47 heavy (non-hydrogen) atoms. The van der Waals surface area contributed by atoms with E-state index in [2.05, 4.69) is 139 Å². The number of hydrogen-bond acceptors (Lipinski definition) is 2. The first-order valence-electron chi connectivity index (χ1n) is 17.7. The summed E-state index contributed by atoms with van der Waals surface area (Å²) in [6.45, 7) is 26.4. The van der Waals surface area contributed by atoms with E-state index in [0.29, 0.717) is 23.7 Å². The maximum Gasteiger partial charge on any atom is 2.00 e. The molecule has 2 aromatic carbocycles. The SMILES string of the molecule is C1CCOC1.C1CCOC1.CC(=[NH+]c1c(C(C)C)cccc1C(C)C)c1cccc(C(C)=[NH+]c2c(C(C)C)cccc2C(C)C)[nH+]1.[Mg+2]. The second kappa shape index (κ2) is 20.9. The first-order valence-corrected chi connectivity index (χ1v) is 17.7. The van der Waals surface area contributed by atoms with Gasteiger partial charge < -0.3 is 9.47 Å². The van der Waals surface area contributed by atoms with Gasteiger partial charge in [0, 0.05) is 74.7 Å². The van der Waals surface area contributed by atoms with Crippen LogP contribution in [0.1, 0.15) is 152 Å². The van der Waals surface area contributed by atoms with E-state index in [0.717, 1.165) is 49.2 Å². The molecule has 3 heterocycles. The third kappa shape index (κ3) is 12.5. The van der Waals surface area contributed by atoms with E-state index >= 15 is 0 Å². The molecule has 2 saturated heterocycles. The molecule has 0 radical (unpaired) electrons.